The molecule has 0 heterocycles. The third-order valence-corrected chi connectivity index (χ3v) is 0.307. The summed E-state index contributed by atoms with van der Waals surface area (Å²) in [5.41, 5.74) is 0. The van der Waals surface area contributed by atoms with Gasteiger partial charge < -0.3 is 10.6 Å². The number of nitrogens with zero attached hydrogens (tertiary/aromatic N) is 1. The van der Waals surface area contributed by atoms with Gasteiger partial charge in [-0.25, -0.2) is 0 Å². The van der Waals surface area contributed by atoms with Gasteiger partial charge >= 0.3 is 0 Å². The van der Waals surface area contributed by atoms with Crippen LogP contribution in [0.5, 0.6) is 0 Å². The second kappa shape index (κ2) is 4.14. The zero-order valence-electron chi connectivity index (χ0n) is 3.29. The molecule has 0 saturated carbocycles. The van der Waals surface area contributed by atoms with E-state index in [4.69, 9.17) is 0 Å². The summed E-state index contributed by atoms with van der Waals surface area (Å²) < 4.78 is 0. The van der Waals surface area contributed by atoms with Crippen LogP contribution in [0.4, 0.5) is 0 Å². The molecule has 0 aromatic heterocycles. The second-order valence-electron chi connectivity index (χ2n) is 0.734. The molecule has 3 heteroatoms. The summed E-state index contributed by atoms with van der Waals surface area (Å²) in [7, 11) is 0. The molecule has 0 radical (unpaired) electrons. The number of rotatable bonds is 2. The third-order valence-electron chi connectivity index (χ3n) is 0.307. The lowest BCUT2D eigenvalue weighted by atomic mass is 10.5. The fourth-order valence-electron chi connectivity index (χ4n) is 0.104. The van der Waals surface area contributed by atoms with E-state index in [0.29, 0.717) is 6.42 Å². The van der Waals surface area contributed by atoms with Crippen LogP contribution in [0.1, 0.15) is 6.42 Å². The third kappa shape index (κ3) is 3.14. The van der Waals surface area contributed by atoms with Gasteiger partial charge in [-0.3, -0.25) is 0 Å². The predicted molar refractivity (Wildman–Crippen MR) is 23.4 cm³/mol. The molecule has 34 valence electrons. The van der Waals surface area contributed by atoms with E-state index < -0.39 is 0 Å². The van der Waals surface area contributed by atoms with E-state index in [1.54, 1.807) is 0 Å². The molecule has 0 atom stereocenters. The highest BCUT2D eigenvalue weighted by molar-refractivity contribution is 5.75. The van der Waals surface area contributed by atoms with Crippen molar-refractivity contribution in [1.82, 2.24) is 0 Å². The molecule has 0 aromatic rings. The van der Waals surface area contributed by atoms with Crippen molar-refractivity contribution < 1.29 is 4.79 Å². The van der Waals surface area contributed by atoms with Crippen LogP contribution >= 0.6 is 0 Å². The summed E-state index contributed by atoms with van der Waals surface area (Å²) in [6.45, 7) is 0. The standard InChI is InChI=1S/C3H6N2O/c4-5-2-1-3-6/h2-3H,1,4H2. The van der Waals surface area contributed by atoms with Gasteiger partial charge in [0.05, 0.1) is 0 Å². The maximum atomic E-state index is 9.42. The lowest BCUT2D eigenvalue weighted by molar-refractivity contribution is -0.106. The fourth-order valence-corrected chi connectivity index (χ4v) is 0.104. The van der Waals surface area contributed by atoms with E-state index in [0.717, 1.165) is 6.29 Å². The highest BCUT2D eigenvalue weighted by Crippen LogP contribution is 1.55. The summed E-state index contributed by atoms with van der Waals surface area (Å²) in [5.74, 6) is 4.63. The van der Waals surface area contributed by atoms with E-state index in [2.05, 4.69) is 10.9 Å². The Labute approximate surface area is 35.8 Å². The maximum Gasteiger partial charge on any atom is 0.125 e. The van der Waals surface area contributed by atoms with Crippen molar-refractivity contribution in [2.24, 2.45) is 10.9 Å². The highest BCUT2D eigenvalue weighted by Gasteiger charge is 1.64. The maximum absolute atomic E-state index is 9.42. The van der Waals surface area contributed by atoms with E-state index in [1.807, 2.05) is 0 Å². The Morgan fingerprint density at radius 3 is 2.67 bits per heavy atom. The summed E-state index contributed by atoms with van der Waals surface area (Å²) >= 11 is 0. The normalized spacial score (nSPS) is 9.33. The Morgan fingerprint density at radius 2 is 2.50 bits per heavy atom. The Balaban J connectivity index is 2.85. The fraction of sp³-hybridized carbons (Fsp3) is 0.333. The molecular formula is C3H6N2O. The lowest BCUT2D eigenvalue weighted by Gasteiger charge is -1.66. The molecule has 0 aliphatic rings. The molecule has 0 fully saturated rings. The minimum atomic E-state index is 0.316. The van der Waals surface area contributed by atoms with Gasteiger partial charge in [0.2, 0.25) is 0 Å². The van der Waals surface area contributed by atoms with Crippen LogP contribution in [0.25, 0.3) is 0 Å². The Kier molecular flexibility index (Phi) is 3.55. The smallest absolute Gasteiger partial charge is 0.125 e. The van der Waals surface area contributed by atoms with E-state index in [-0.39, 0.29) is 0 Å². The van der Waals surface area contributed by atoms with Gasteiger partial charge in [0.25, 0.3) is 0 Å². The molecule has 0 rings (SSSR count). The Hall–Kier alpha value is -0.860. The van der Waals surface area contributed by atoms with Crippen molar-refractivity contribution >= 4 is 12.5 Å². The van der Waals surface area contributed by atoms with Crippen LogP contribution in [0.3, 0.4) is 0 Å². The average molecular weight is 86.1 g/mol. The van der Waals surface area contributed by atoms with Crippen LogP contribution in [0, 0.1) is 0 Å². The van der Waals surface area contributed by atoms with Crippen molar-refractivity contribution in [3.63, 3.8) is 0 Å². The highest BCUT2D eigenvalue weighted by atomic mass is 16.1. The van der Waals surface area contributed by atoms with Gasteiger partial charge in [-0.1, -0.05) is 0 Å². The molecule has 6 heavy (non-hydrogen) atoms. The number of nitrogens with two attached hydrogens (primary N) is 1. The van der Waals surface area contributed by atoms with Crippen molar-refractivity contribution in [3.8, 4) is 0 Å². The first-order valence-electron chi connectivity index (χ1n) is 1.57. The first-order chi connectivity index (χ1) is 2.91. The number of hydrogen-bond donors (Lipinski definition) is 1. The zero-order valence-corrected chi connectivity index (χ0v) is 3.29. The Bertz CT molecular complexity index is 59.8. The van der Waals surface area contributed by atoms with E-state index >= 15 is 0 Å². The number of aldehydes is 1. The number of hydrogen-bond acceptors (Lipinski definition) is 3. The average Bonchev–Trinajstić information content (AvgIpc) is 1.61. The largest absolute Gasteiger partial charge is 0.324 e. The molecule has 2 N–H and O–H groups in total. The SMILES string of the molecule is NN=CCC=O. The van der Waals surface area contributed by atoms with Crippen LogP contribution < -0.4 is 5.84 Å². The number of hydrazone groups is 1. The number of carbonyl (C=O) groups is 1. The van der Waals surface area contributed by atoms with Gasteiger partial charge in [0.15, 0.2) is 0 Å². The predicted octanol–water partition coefficient (Wildman–Crippen LogP) is -0.480. The van der Waals surface area contributed by atoms with Gasteiger partial charge in [0, 0.05) is 12.6 Å². The quantitative estimate of drug-likeness (QED) is 0.213. The van der Waals surface area contributed by atoms with Gasteiger partial charge in [-0.2, -0.15) is 5.10 Å². The second-order valence-corrected chi connectivity index (χ2v) is 0.734. The summed E-state index contributed by atoms with van der Waals surface area (Å²) in [6, 6.07) is 0. The first-order valence-corrected chi connectivity index (χ1v) is 1.57. The molecule has 0 aliphatic carbocycles. The van der Waals surface area contributed by atoms with Crippen molar-refractivity contribution in [2.75, 3.05) is 0 Å². The van der Waals surface area contributed by atoms with Gasteiger partial charge in [-0.15, -0.1) is 0 Å². The summed E-state index contributed by atoms with van der Waals surface area (Å²) in [5, 5.41) is 3.07. The monoisotopic (exact) mass is 86.0 g/mol. The molecule has 0 amide bonds. The lowest BCUT2D eigenvalue weighted by Crippen LogP contribution is -1.82. The van der Waals surface area contributed by atoms with Crippen LogP contribution in [-0.2, 0) is 4.79 Å². The van der Waals surface area contributed by atoms with Gasteiger partial charge in [0.1, 0.15) is 6.29 Å². The molecule has 0 aliphatic heterocycles. The molecule has 0 unspecified atom stereocenters. The molecule has 0 bridgehead atoms. The number of carbonyl (C=O) groups excluding carboxylic acids is 1. The van der Waals surface area contributed by atoms with Gasteiger partial charge in [-0.05, 0) is 0 Å². The molecule has 3 nitrogen and oxygen atoms in total. The van der Waals surface area contributed by atoms with E-state index in [9.17, 15) is 4.79 Å². The first kappa shape index (κ1) is 5.14. The topological polar surface area (TPSA) is 55.4 Å². The summed E-state index contributed by atoms with van der Waals surface area (Å²) in [6.07, 6.45) is 2.39. The minimum absolute atomic E-state index is 0.316. The van der Waals surface area contributed by atoms with E-state index in [1.165, 1.54) is 6.21 Å². The molecule has 0 spiro atoms. The molecule has 0 aromatic carbocycles. The summed E-state index contributed by atoms with van der Waals surface area (Å²) in [4.78, 5) is 9.42. The minimum Gasteiger partial charge on any atom is -0.324 e. The van der Waals surface area contributed by atoms with Crippen LogP contribution in [0.2, 0.25) is 0 Å². The zero-order chi connectivity index (χ0) is 4.83. The van der Waals surface area contributed by atoms with Crippen molar-refractivity contribution in [3.05, 3.63) is 0 Å². The van der Waals surface area contributed by atoms with Crippen molar-refractivity contribution in [1.29, 1.82) is 0 Å². The molecule has 0 saturated heterocycles. The van der Waals surface area contributed by atoms with Crippen LogP contribution in [-0.4, -0.2) is 12.5 Å². The Morgan fingerprint density at radius 1 is 1.83 bits per heavy atom. The van der Waals surface area contributed by atoms with Crippen molar-refractivity contribution in [2.45, 2.75) is 6.42 Å². The molecular weight excluding hydrogens is 80.0 g/mol. The van der Waals surface area contributed by atoms with Crippen LogP contribution in [0.15, 0.2) is 5.10 Å².